The van der Waals surface area contributed by atoms with Crippen molar-refractivity contribution in [3.05, 3.63) is 23.9 Å². The summed E-state index contributed by atoms with van der Waals surface area (Å²) in [4.78, 5) is 30.7. The molecule has 27 heavy (non-hydrogen) atoms. The molecule has 1 amide bonds. The Morgan fingerprint density at radius 1 is 1.26 bits per heavy atom. The number of aromatic nitrogens is 1. The van der Waals surface area contributed by atoms with Crippen molar-refractivity contribution >= 4 is 11.9 Å². The number of carbonyl (C=O) groups is 2. The monoisotopic (exact) mass is 376 g/mol. The van der Waals surface area contributed by atoms with Gasteiger partial charge in [-0.15, -0.1) is 0 Å². The van der Waals surface area contributed by atoms with Crippen LogP contribution in [0.2, 0.25) is 0 Å². The Bertz CT molecular complexity index is 628. The molecule has 3 heterocycles. The average molecular weight is 376 g/mol. The molecule has 0 aromatic carbocycles. The fourth-order valence-corrected chi connectivity index (χ4v) is 3.51. The molecule has 0 N–H and O–H groups in total. The van der Waals surface area contributed by atoms with E-state index >= 15 is 0 Å². The molecule has 0 unspecified atom stereocenters. The highest BCUT2D eigenvalue weighted by Crippen LogP contribution is 2.21. The van der Waals surface area contributed by atoms with Gasteiger partial charge in [0.15, 0.2) is 0 Å². The summed E-state index contributed by atoms with van der Waals surface area (Å²) in [7, 11) is 0. The average Bonchev–Trinajstić information content (AvgIpc) is 2.73. The molecule has 3 rings (SSSR count). The van der Waals surface area contributed by atoms with Crippen LogP contribution in [0, 0.1) is 11.8 Å². The minimum Gasteiger partial charge on any atom is -0.477 e. The van der Waals surface area contributed by atoms with Gasteiger partial charge in [0.2, 0.25) is 5.88 Å². The molecule has 0 saturated carbocycles. The lowest BCUT2D eigenvalue weighted by atomic mass is 9.97. The number of hydrogen-bond acceptors (Lipinski definition) is 6. The predicted octanol–water partition coefficient (Wildman–Crippen LogP) is 2.30. The first-order valence-corrected chi connectivity index (χ1v) is 9.80. The smallest absolute Gasteiger partial charge is 0.310 e. The van der Waals surface area contributed by atoms with Crippen LogP contribution in [-0.4, -0.2) is 61.3 Å². The maximum atomic E-state index is 12.7. The van der Waals surface area contributed by atoms with Crippen molar-refractivity contribution in [3.63, 3.8) is 0 Å². The van der Waals surface area contributed by atoms with Crippen molar-refractivity contribution in [2.45, 2.75) is 32.6 Å². The van der Waals surface area contributed by atoms with Crippen LogP contribution < -0.4 is 4.74 Å². The Hall–Kier alpha value is -2.15. The first-order chi connectivity index (χ1) is 13.2. The molecule has 2 saturated heterocycles. The van der Waals surface area contributed by atoms with Gasteiger partial charge in [0, 0.05) is 38.6 Å². The topological polar surface area (TPSA) is 78.0 Å². The van der Waals surface area contributed by atoms with Crippen LogP contribution in [-0.2, 0) is 14.3 Å². The van der Waals surface area contributed by atoms with E-state index in [0.29, 0.717) is 43.7 Å². The van der Waals surface area contributed by atoms with Crippen LogP contribution in [0.5, 0.6) is 5.88 Å². The normalized spacial score (nSPS) is 20.9. The number of amides is 1. The second-order valence-corrected chi connectivity index (χ2v) is 7.09. The standard InChI is InChI=1S/C20H28N2O5/c1-2-26-20(24)17-4-3-9-22(13-17)19(23)16-5-6-18(21-12-16)27-14-15-7-10-25-11-8-15/h5-6,12,15,17H,2-4,7-11,13-14H2,1H3/t17-/m0/s1. The van der Waals surface area contributed by atoms with Crippen molar-refractivity contribution in [2.24, 2.45) is 11.8 Å². The summed E-state index contributed by atoms with van der Waals surface area (Å²) in [5.41, 5.74) is 0.512. The zero-order chi connectivity index (χ0) is 19.1. The first kappa shape index (κ1) is 19.6. The van der Waals surface area contributed by atoms with Crippen LogP contribution in [0.4, 0.5) is 0 Å². The van der Waals surface area contributed by atoms with E-state index in [1.54, 1.807) is 30.2 Å². The third-order valence-corrected chi connectivity index (χ3v) is 5.12. The molecular formula is C20H28N2O5. The highest BCUT2D eigenvalue weighted by molar-refractivity contribution is 5.94. The number of carbonyl (C=O) groups excluding carboxylic acids is 2. The lowest BCUT2D eigenvalue weighted by molar-refractivity contribution is -0.149. The Morgan fingerprint density at radius 2 is 2.07 bits per heavy atom. The number of ether oxygens (including phenoxy) is 3. The summed E-state index contributed by atoms with van der Waals surface area (Å²) in [6.45, 7) is 5.41. The SMILES string of the molecule is CCOC(=O)[C@H]1CCCN(C(=O)c2ccc(OCC3CCOCC3)nc2)C1. The maximum absolute atomic E-state index is 12.7. The van der Waals surface area contributed by atoms with Crippen LogP contribution in [0.1, 0.15) is 43.0 Å². The Morgan fingerprint density at radius 3 is 2.78 bits per heavy atom. The molecule has 7 heteroatoms. The molecule has 1 atom stereocenters. The van der Waals surface area contributed by atoms with Gasteiger partial charge < -0.3 is 19.1 Å². The van der Waals surface area contributed by atoms with Crippen molar-refractivity contribution < 1.29 is 23.8 Å². The highest BCUT2D eigenvalue weighted by Gasteiger charge is 2.29. The van der Waals surface area contributed by atoms with E-state index in [1.807, 2.05) is 0 Å². The van der Waals surface area contributed by atoms with Gasteiger partial charge in [-0.1, -0.05) is 0 Å². The third-order valence-electron chi connectivity index (χ3n) is 5.12. The summed E-state index contributed by atoms with van der Waals surface area (Å²) in [6.07, 6.45) is 5.13. The lowest BCUT2D eigenvalue weighted by Crippen LogP contribution is -2.42. The van der Waals surface area contributed by atoms with Crippen molar-refractivity contribution in [2.75, 3.05) is 39.5 Å². The highest BCUT2D eigenvalue weighted by atomic mass is 16.5. The lowest BCUT2D eigenvalue weighted by Gasteiger charge is -2.31. The molecule has 2 aliphatic rings. The molecule has 0 spiro atoms. The molecule has 2 aliphatic heterocycles. The first-order valence-electron chi connectivity index (χ1n) is 9.80. The van der Waals surface area contributed by atoms with E-state index < -0.39 is 0 Å². The van der Waals surface area contributed by atoms with E-state index in [9.17, 15) is 9.59 Å². The van der Waals surface area contributed by atoms with E-state index in [0.717, 1.165) is 38.9 Å². The number of nitrogens with zero attached hydrogens (tertiary/aromatic N) is 2. The van der Waals surface area contributed by atoms with Gasteiger partial charge in [-0.2, -0.15) is 0 Å². The molecule has 7 nitrogen and oxygen atoms in total. The largest absolute Gasteiger partial charge is 0.477 e. The number of hydrogen-bond donors (Lipinski definition) is 0. The Balaban J connectivity index is 1.52. The van der Waals surface area contributed by atoms with Gasteiger partial charge in [-0.3, -0.25) is 9.59 Å². The van der Waals surface area contributed by atoms with Crippen molar-refractivity contribution in [3.8, 4) is 5.88 Å². The number of rotatable bonds is 6. The van der Waals surface area contributed by atoms with Crippen molar-refractivity contribution in [1.82, 2.24) is 9.88 Å². The number of esters is 1. The van der Waals surface area contributed by atoms with E-state index in [2.05, 4.69) is 4.98 Å². The quantitative estimate of drug-likeness (QED) is 0.709. The fraction of sp³-hybridized carbons (Fsp3) is 0.650. The van der Waals surface area contributed by atoms with Crippen LogP contribution in [0.25, 0.3) is 0 Å². The zero-order valence-electron chi connectivity index (χ0n) is 15.9. The molecule has 0 aliphatic carbocycles. The number of likely N-dealkylation sites (tertiary alicyclic amines) is 1. The van der Waals surface area contributed by atoms with Crippen molar-refractivity contribution in [1.29, 1.82) is 0 Å². The molecule has 1 aromatic rings. The number of piperidine rings is 1. The second-order valence-electron chi connectivity index (χ2n) is 7.09. The van der Waals surface area contributed by atoms with Gasteiger partial charge >= 0.3 is 5.97 Å². The summed E-state index contributed by atoms with van der Waals surface area (Å²) >= 11 is 0. The van der Waals surface area contributed by atoms with E-state index in [1.165, 1.54) is 0 Å². The van der Waals surface area contributed by atoms with Gasteiger partial charge in [-0.05, 0) is 44.6 Å². The van der Waals surface area contributed by atoms with Gasteiger partial charge in [0.05, 0.1) is 24.7 Å². The van der Waals surface area contributed by atoms with Crippen LogP contribution in [0.15, 0.2) is 18.3 Å². The number of pyridine rings is 1. The Kier molecular flexibility index (Phi) is 7.04. The van der Waals surface area contributed by atoms with E-state index in [4.69, 9.17) is 14.2 Å². The molecule has 148 valence electrons. The minimum atomic E-state index is -0.238. The minimum absolute atomic E-state index is 0.104. The van der Waals surface area contributed by atoms with Crippen LogP contribution in [0.3, 0.4) is 0 Å². The Labute approximate surface area is 160 Å². The second kappa shape index (κ2) is 9.69. The molecule has 1 aromatic heterocycles. The molecule has 2 fully saturated rings. The summed E-state index contributed by atoms with van der Waals surface area (Å²) in [6, 6.07) is 3.47. The molecule has 0 radical (unpaired) electrons. The van der Waals surface area contributed by atoms with Gasteiger partial charge in [-0.25, -0.2) is 4.98 Å². The van der Waals surface area contributed by atoms with Crippen LogP contribution >= 0.6 is 0 Å². The molecule has 0 bridgehead atoms. The molecular weight excluding hydrogens is 348 g/mol. The van der Waals surface area contributed by atoms with Gasteiger partial charge in [0.25, 0.3) is 5.91 Å². The summed E-state index contributed by atoms with van der Waals surface area (Å²) in [5.74, 6) is 0.464. The van der Waals surface area contributed by atoms with E-state index in [-0.39, 0.29) is 17.8 Å². The predicted molar refractivity (Wildman–Crippen MR) is 98.5 cm³/mol. The maximum Gasteiger partial charge on any atom is 0.310 e. The zero-order valence-corrected chi connectivity index (χ0v) is 15.9. The fourth-order valence-electron chi connectivity index (χ4n) is 3.51. The summed E-state index contributed by atoms with van der Waals surface area (Å²) < 4.78 is 16.2. The third kappa shape index (κ3) is 5.42. The van der Waals surface area contributed by atoms with Gasteiger partial charge in [0.1, 0.15) is 0 Å². The summed E-state index contributed by atoms with van der Waals surface area (Å²) in [5, 5.41) is 0.